The minimum atomic E-state index is 0.190. The molecule has 0 aromatic heterocycles. The molecule has 0 spiro atoms. The van der Waals surface area contributed by atoms with Crippen molar-refractivity contribution in [1.82, 2.24) is 9.80 Å². The molecule has 5 heteroatoms. The molecule has 0 atom stereocenters. The van der Waals surface area contributed by atoms with Crippen LogP contribution in [-0.2, 0) is 4.79 Å². The lowest BCUT2D eigenvalue weighted by atomic mass is 10.2. The molecule has 1 aromatic carbocycles. The van der Waals surface area contributed by atoms with E-state index in [1.807, 2.05) is 19.2 Å². The van der Waals surface area contributed by atoms with Crippen LogP contribution in [0.25, 0.3) is 0 Å². The van der Waals surface area contributed by atoms with E-state index in [4.69, 9.17) is 10.00 Å². The van der Waals surface area contributed by atoms with Crippen LogP contribution in [0, 0.1) is 11.3 Å². The number of ether oxygens (including phenoxy) is 1. The Balaban J connectivity index is 1.72. The van der Waals surface area contributed by atoms with Crippen molar-refractivity contribution in [1.29, 1.82) is 5.26 Å². The van der Waals surface area contributed by atoms with Gasteiger partial charge >= 0.3 is 0 Å². The van der Waals surface area contributed by atoms with Crippen LogP contribution in [0.2, 0.25) is 0 Å². The summed E-state index contributed by atoms with van der Waals surface area (Å²) in [6.45, 7) is 3.75. The van der Waals surface area contributed by atoms with Crippen LogP contribution < -0.4 is 4.74 Å². The smallest absolute Gasteiger partial charge is 0.236 e. The molecule has 1 heterocycles. The minimum absolute atomic E-state index is 0.190. The van der Waals surface area contributed by atoms with Gasteiger partial charge in [-0.2, -0.15) is 5.26 Å². The molecular formula is C16H21N3O2. The summed E-state index contributed by atoms with van der Waals surface area (Å²) in [6, 6.07) is 9.26. The molecule has 0 aliphatic carbocycles. The lowest BCUT2D eigenvalue weighted by Crippen LogP contribution is -2.35. The molecule has 1 aromatic rings. The molecule has 0 N–H and O–H groups in total. The Kier molecular flexibility index (Phi) is 5.59. The monoisotopic (exact) mass is 287 g/mol. The van der Waals surface area contributed by atoms with Crippen LogP contribution in [0.4, 0.5) is 0 Å². The summed E-state index contributed by atoms with van der Waals surface area (Å²) in [6.07, 6.45) is 1.89. The number of benzene rings is 1. The van der Waals surface area contributed by atoms with Gasteiger partial charge in [-0.25, -0.2) is 0 Å². The number of carbonyl (C=O) groups is 1. The first-order chi connectivity index (χ1) is 10.2. The third-order valence-electron chi connectivity index (χ3n) is 3.60. The van der Waals surface area contributed by atoms with Gasteiger partial charge in [0.15, 0.2) is 0 Å². The van der Waals surface area contributed by atoms with Crippen molar-refractivity contribution in [3.8, 4) is 11.8 Å². The molecule has 1 fully saturated rings. The van der Waals surface area contributed by atoms with Crippen molar-refractivity contribution in [2.45, 2.75) is 12.8 Å². The molecule has 5 nitrogen and oxygen atoms in total. The van der Waals surface area contributed by atoms with Crippen molar-refractivity contribution in [3.05, 3.63) is 29.8 Å². The lowest BCUT2D eigenvalue weighted by Gasteiger charge is -2.19. The van der Waals surface area contributed by atoms with Crippen molar-refractivity contribution in [2.24, 2.45) is 0 Å². The van der Waals surface area contributed by atoms with Gasteiger partial charge in [-0.1, -0.05) is 6.07 Å². The van der Waals surface area contributed by atoms with E-state index in [0.29, 0.717) is 18.7 Å². The molecule has 0 saturated carbocycles. The predicted molar refractivity (Wildman–Crippen MR) is 80.0 cm³/mol. The molecule has 1 amide bonds. The lowest BCUT2D eigenvalue weighted by molar-refractivity contribution is -0.129. The summed E-state index contributed by atoms with van der Waals surface area (Å²) in [5.41, 5.74) is 0.605. The second kappa shape index (κ2) is 7.65. The van der Waals surface area contributed by atoms with Gasteiger partial charge in [0.2, 0.25) is 5.91 Å². The maximum Gasteiger partial charge on any atom is 0.236 e. The summed E-state index contributed by atoms with van der Waals surface area (Å²) in [4.78, 5) is 15.7. The van der Waals surface area contributed by atoms with E-state index >= 15 is 0 Å². The van der Waals surface area contributed by atoms with Gasteiger partial charge in [-0.3, -0.25) is 9.69 Å². The maximum atomic E-state index is 11.8. The highest BCUT2D eigenvalue weighted by Gasteiger charge is 2.18. The van der Waals surface area contributed by atoms with Crippen LogP contribution in [0.15, 0.2) is 24.3 Å². The van der Waals surface area contributed by atoms with Gasteiger partial charge in [0.1, 0.15) is 5.75 Å². The quantitative estimate of drug-likeness (QED) is 0.770. The highest BCUT2D eigenvalue weighted by Crippen LogP contribution is 2.13. The van der Waals surface area contributed by atoms with Gasteiger partial charge in [-0.05, 0) is 31.0 Å². The highest BCUT2D eigenvalue weighted by atomic mass is 16.5. The second-order valence-electron chi connectivity index (χ2n) is 5.29. The third kappa shape index (κ3) is 4.76. The molecule has 1 aliphatic heterocycles. The molecular weight excluding hydrogens is 266 g/mol. The standard InChI is InChI=1S/C16H21N3O2/c1-18-7-3-8-19(13-16(18)20)9-4-10-21-15-6-2-5-14(11-15)12-17/h2,5-6,11H,3-4,7-10,13H2,1H3. The molecule has 1 aliphatic rings. The van der Waals surface area contributed by atoms with E-state index in [2.05, 4.69) is 11.0 Å². The molecule has 0 bridgehead atoms. The summed E-state index contributed by atoms with van der Waals surface area (Å²) in [5.74, 6) is 0.913. The van der Waals surface area contributed by atoms with Crippen molar-refractivity contribution in [3.63, 3.8) is 0 Å². The fraction of sp³-hybridized carbons (Fsp3) is 0.500. The van der Waals surface area contributed by atoms with Crippen molar-refractivity contribution in [2.75, 3.05) is 39.8 Å². The highest BCUT2D eigenvalue weighted by molar-refractivity contribution is 5.78. The number of nitrogens with zero attached hydrogens (tertiary/aromatic N) is 3. The topological polar surface area (TPSA) is 56.6 Å². The Bertz CT molecular complexity index is 524. The zero-order valence-corrected chi connectivity index (χ0v) is 12.4. The summed E-state index contributed by atoms with van der Waals surface area (Å²) < 4.78 is 5.65. The first-order valence-corrected chi connectivity index (χ1v) is 7.28. The minimum Gasteiger partial charge on any atom is -0.494 e. The van der Waals surface area contributed by atoms with E-state index < -0.39 is 0 Å². The van der Waals surface area contributed by atoms with Crippen LogP contribution in [-0.4, -0.2) is 55.5 Å². The van der Waals surface area contributed by atoms with Gasteiger partial charge < -0.3 is 9.64 Å². The zero-order valence-electron chi connectivity index (χ0n) is 12.4. The molecule has 0 unspecified atom stereocenters. The Labute approximate surface area is 125 Å². The number of rotatable bonds is 5. The average molecular weight is 287 g/mol. The normalized spacial score (nSPS) is 16.4. The number of hydrogen-bond donors (Lipinski definition) is 0. The third-order valence-corrected chi connectivity index (χ3v) is 3.60. The number of amides is 1. The SMILES string of the molecule is CN1CCCN(CCCOc2cccc(C#N)c2)CC1=O. The van der Waals surface area contributed by atoms with Crippen LogP contribution in [0.5, 0.6) is 5.75 Å². The fourth-order valence-corrected chi connectivity index (χ4v) is 2.37. The predicted octanol–water partition coefficient (Wildman–Crippen LogP) is 1.49. The largest absolute Gasteiger partial charge is 0.494 e. The first kappa shape index (κ1) is 15.3. The van der Waals surface area contributed by atoms with E-state index in [1.165, 1.54) is 0 Å². The molecule has 1 saturated heterocycles. The molecule has 2 rings (SSSR count). The van der Waals surface area contributed by atoms with Crippen molar-refractivity contribution < 1.29 is 9.53 Å². The summed E-state index contributed by atoms with van der Waals surface area (Å²) >= 11 is 0. The number of likely N-dealkylation sites (N-methyl/N-ethyl adjacent to an activating group) is 1. The maximum absolute atomic E-state index is 11.8. The zero-order chi connectivity index (χ0) is 15.1. The number of hydrogen-bond acceptors (Lipinski definition) is 4. The Morgan fingerprint density at radius 3 is 3.05 bits per heavy atom. The Hall–Kier alpha value is -2.06. The second-order valence-corrected chi connectivity index (χ2v) is 5.29. The van der Waals surface area contributed by atoms with Crippen LogP contribution >= 0.6 is 0 Å². The molecule has 0 radical (unpaired) electrons. The van der Waals surface area contributed by atoms with E-state index in [9.17, 15) is 4.79 Å². The van der Waals surface area contributed by atoms with Crippen LogP contribution in [0.1, 0.15) is 18.4 Å². The van der Waals surface area contributed by atoms with Gasteiger partial charge in [0.05, 0.1) is 24.8 Å². The Morgan fingerprint density at radius 1 is 1.38 bits per heavy atom. The van der Waals surface area contributed by atoms with E-state index in [0.717, 1.165) is 38.2 Å². The van der Waals surface area contributed by atoms with E-state index in [1.54, 1.807) is 17.0 Å². The van der Waals surface area contributed by atoms with Gasteiger partial charge in [0, 0.05) is 26.7 Å². The molecule has 21 heavy (non-hydrogen) atoms. The average Bonchev–Trinajstić information content (AvgIpc) is 2.66. The fourth-order valence-electron chi connectivity index (χ4n) is 2.37. The van der Waals surface area contributed by atoms with Gasteiger partial charge in [0.25, 0.3) is 0 Å². The number of nitriles is 1. The van der Waals surface area contributed by atoms with Crippen LogP contribution in [0.3, 0.4) is 0 Å². The Morgan fingerprint density at radius 2 is 2.24 bits per heavy atom. The van der Waals surface area contributed by atoms with Gasteiger partial charge in [-0.15, -0.1) is 0 Å². The summed E-state index contributed by atoms with van der Waals surface area (Å²) in [5, 5.41) is 8.83. The molecule has 112 valence electrons. The van der Waals surface area contributed by atoms with E-state index in [-0.39, 0.29) is 5.91 Å². The first-order valence-electron chi connectivity index (χ1n) is 7.28. The summed E-state index contributed by atoms with van der Waals surface area (Å²) in [7, 11) is 1.86. The van der Waals surface area contributed by atoms with Crippen molar-refractivity contribution >= 4 is 5.91 Å². The number of carbonyl (C=O) groups excluding carboxylic acids is 1.